The van der Waals surface area contributed by atoms with Crippen LogP contribution in [0, 0.1) is 0 Å². The van der Waals surface area contributed by atoms with Crippen LogP contribution in [0.1, 0.15) is 175 Å². The lowest BCUT2D eigenvalue weighted by Crippen LogP contribution is -1.96. The van der Waals surface area contributed by atoms with Crippen LogP contribution in [0.2, 0.25) is 0 Å². The van der Waals surface area contributed by atoms with Gasteiger partial charge in [0.2, 0.25) is 0 Å². The molecule has 2 aliphatic rings. The van der Waals surface area contributed by atoms with E-state index in [2.05, 4.69) is 135 Å². The quantitative estimate of drug-likeness (QED) is 0.0671. The Labute approximate surface area is 361 Å². The van der Waals surface area contributed by atoms with Crippen LogP contribution < -0.4 is 0 Å². The Kier molecular flexibility index (Phi) is 15.9. The summed E-state index contributed by atoms with van der Waals surface area (Å²) in [6.07, 6.45) is 33.4. The predicted molar refractivity (Wildman–Crippen MR) is 261 cm³/mol. The standard InChI is InChI=1S/C56H70N4/c1-5-9-13-17-21-41-33-42(22-18-14-10-6-2)36-45(35-41)55-51-29-25-47(57-51)39-49-27-31-53(59-49)56(54-32-28-50(60-54)40-48-26-30-52(55)58-48)46-37-43(23-19-15-11-7-3)34-44(38-46)24-20-16-12-8-4/h25-40,57-58H,5-24H2,1-4H3. The summed E-state index contributed by atoms with van der Waals surface area (Å²) in [6, 6.07) is 28.0. The van der Waals surface area contributed by atoms with Gasteiger partial charge in [-0.2, -0.15) is 0 Å². The summed E-state index contributed by atoms with van der Waals surface area (Å²) in [5.41, 5.74) is 18.7. The largest absolute Gasteiger partial charge is 0.355 e. The molecule has 0 saturated carbocycles. The molecule has 2 N–H and O–H groups in total. The van der Waals surface area contributed by atoms with E-state index in [1.165, 1.54) is 142 Å². The number of aromatic nitrogens is 4. The summed E-state index contributed by atoms with van der Waals surface area (Å²) >= 11 is 0. The van der Waals surface area contributed by atoms with Crippen molar-refractivity contribution in [1.29, 1.82) is 0 Å². The lowest BCUT2D eigenvalue weighted by Gasteiger charge is -2.12. The normalized spacial score (nSPS) is 12.2. The number of rotatable bonds is 22. The van der Waals surface area contributed by atoms with E-state index in [0.29, 0.717) is 0 Å². The van der Waals surface area contributed by atoms with E-state index in [1.54, 1.807) is 0 Å². The van der Waals surface area contributed by atoms with Gasteiger partial charge >= 0.3 is 0 Å². The summed E-state index contributed by atoms with van der Waals surface area (Å²) in [6.45, 7) is 9.17. The number of hydrogen-bond donors (Lipinski definition) is 2. The first kappa shape index (κ1) is 43.1. The highest BCUT2D eigenvalue weighted by Crippen LogP contribution is 2.35. The maximum Gasteiger partial charge on any atom is 0.0737 e. The van der Waals surface area contributed by atoms with Gasteiger partial charge in [0.15, 0.2) is 0 Å². The van der Waals surface area contributed by atoms with Crippen LogP contribution in [-0.2, 0) is 25.7 Å². The molecule has 60 heavy (non-hydrogen) atoms. The molecular formula is C56H70N4. The summed E-state index contributed by atoms with van der Waals surface area (Å²) < 4.78 is 0. The summed E-state index contributed by atoms with van der Waals surface area (Å²) in [5.74, 6) is 0. The summed E-state index contributed by atoms with van der Waals surface area (Å²) in [7, 11) is 0. The van der Waals surface area contributed by atoms with Crippen LogP contribution in [0.4, 0.5) is 0 Å². The van der Waals surface area contributed by atoms with Crippen molar-refractivity contribution < 1.29 is 0 Å². The van der Waals surface area contributed by atoms with Gasteiger partial charge in [0, 0.05) is 33.2 Å². The second-order valence-electron chi connectivity index (χ2n) is 17.5. The highest BCUT2D eigenvalue weighted by atomic mass is 14.8. The molecule has 0 spiro atoms. The van der Waals surface area contributed by atoms with E-state index in [0.717, 1.165) is 76.1 Å². The Morgan fingerprint density at radius 1 is 0.367 bits per heavy atom. The summed E-state index contributed by atoms with van der Waals surface area (Å²) in [4.78, 5) is 18.3. The fraction of sp³-hybridized carbons (Fsp3) is 0.429. The highest BCUT2D eigenvalue weighted by Gasteiger charge is 2.17. The smallest absolute Gasteiger partial charge is 0.0737 e. The summed E-state index contributed by atoms with van der Waals surface area (Å²) in [5, 5.41) is 0. The zero-order valence-electron chi connectivity index (χ0n) is 37.3. The number of aromatic amines is 2. The Hall–Kier alpha value is -4.96. The van der Waals surface area contributed by atoms with Crippen molar-refractivity contribution in [2.24, 2.45) is 0 Å². The number of fused-ring (bicyclic) bond motifs is 8. The van der Waals surface area contributed by atoms with Crippen LogP contribution in [0.15, 0.2) is 72.8 Å². The Balaban J connectivity index is 1.36. The average Bonchev–Trinajstić information content (AvgIpc) is 4.09. The first-order chi connectivity index (χ1) is 29.5. The van der Waals surface area contributed by atoms with E-state index in [9.17, 15) is 0 Å². The Morgan fingerprint density at radius 3 is 1.10 bits per heavy atom. The highest BCUT2D eigenvalue weighted by molar-refractivity contribution is 5.94. The predicted octanol–water partition coefficient (Wildman–Crippen LogP) is 16.5. The van der Waals surface area contributed by atoms with Crippen LogP contribution in [0.25, 0.3) is 68.6 Å². The number of aryl methyl sites for hydroxylation is 4. The minimum absolute atomic E-state index is 0.948. The van der Waals surface area contributed by atoms with Gasteiger partial charge in [-0.1, -0.05) is 141 Å². The SMILES string of the molecule is CCCCCCc1cc(CCCCCC)cc(-c2c3nc(cc4ccc([nH]4)c(-c4cc(CCCCCC)cc(CCCCCC)c4)c4ccc(cc5nc2C=C5)[nH]4)C=C3)c1. The van der Waals surface area contributed by atoms with Crippen LogP contribution >= 0.6 is 0 Å². The maximum atomic E-state index is 5.32. The average molecular weight is 799 g/mol. The van der Waals surface area contributed by atoms with Crippen molar-refractivity contribution in [1.82, 2.24) is 19.9 Å². The molecule has 5 aromatic rings. The molecule has 0 fully saturated rings. The molecule has 0 radical (unpaired) electrons. The zero-order valence-corrected chi connectivity index (χ0v) is 37.3. The van der Waals surface area contributed by atoms with Gasteiger partial charge in [0.1, 0.15) is 0 Å². The van der Waals surface area contributed by atoms with Gasteiger partial charge < -0.3 is 9.97 Å². The van der Waals surface area contributed by atoms with Crippen molar-refractivity contribution in [3.05, 3.63) is 118 Å². The van der Waals surface area contributed by atoms with E-state index in [1.807, 2.05) is 0 Å². The van der Waals surface area contributed by atoms with E-state index in [-0.39, 0.29) is 0 Å². The molecule has 0 unspecified atom stereocenters. The van der Waals surface area contributed by atoms with Gasteiger partial charge in [-0.3, -0.25) is 0 Å². The van der Waals surface area contributed by atoms with Gasteiger partial charge in [-0.25, -0.2) is 9.97 Å². The van der Waals surface area contributed by atoms with Gasteiger partial charge in [-0.05, 0) is 145 Å². The second kappa shape index (κ2) is 22.0. The van der Waals surface area contributed by atoms with E-state index in [4.69, 9.17) is 9.97 Å². The molecule has 5 heterocycles. The first-order valence-corrected chi connectivity index (χ1v) is 23.9. The van der Waals surface area contributed by atoms with Gasteiger partial charge in [0.25, 0.3) is 0 Å². The maximum absolute atomic E-state index is 5.32. The number of benzene rings is 2. The van der Waals surface area contributed by atoms with Crippen molar-refractivity contribution in [2.75, 3.05) is 0 Å². The molecule has 7 rings (SSSR count). The molecule has 0 atom stereocenters. The van der Waals surface area contributed by atoms with Crippen molar-refractivity contribution in [3.63, 3.8) is 0 Å². The molecule has 314 valence electrons. The lowest BCUT2D eigenvalue weighted by atomic mass is 9.93. The third-order valence-electron chi connectivity index (χ3n) is 12.4. The second-order valence-corrected chi connectivity index (χ2v) is 17.5. The Bertz CT molecular complexity index is 2250. The van der Waals surface area contributed by atoms with Crippen LogP contribution in [-0.4, -0.2) is 19.9 Å². The molecule has 2 aromatic carbocycles. The van der Waals surface area contributed by atoms with Crippen molar-refractivity contribution in [3.8, 4) is 22.3 Å². The number of nitrogens with zero attached hydrogens (tertiary/aromatic N) is 2. The van der Waals surface area contributed by atoms with Gasteiger partial charge in [0.05, 0.1) is 22.8 Å². The van der Waals surface area contributed by atoms with E-state index < -0.39 is 0 Å². The molecule has 8 bridgehead atoms. The molecule has 4 nitrogen and oxygen atoms in total. The minimum atomic E-state index is 0.948. The molecule has 4 heteroatoms. The topological polar surface area (TPSA) is 57.4 Å². The van der Waals surface area contributed by atoms with Gasteiger partial charge in [-0.15, -0.1) is 0 Å². The zero-order chi connectivity index (χ0) is 41.5. The lowest BCUT2D eigenvalue weighted by molar-refractivity contribution is 0.661. The monoisotopic (exact) mass is 799 g/mol. The van der Waals surface area contributed by atoms with Crippen LogP contribution in [0.3, 0.4) is 0 Å². The van der Waals surface area contributed by atoms with Crippen molar-refractivity contribution in [2.45, 2.75) is 156 Å². The Morgan fingerprint density at radius 2 is 0.733 bits per heavy atom. The molecule has 0 aliphatic carbocycles. The minimum Gasteiger partial charge on any atom is -0.355 e. The third kappa shape index (κ3) is 11.6. The first-order valence-electron chi connectivity index (χ1n) is 23.9. The molecule has 0 saturated heterocycles. The molecular weight excluding hydrogens is 729 g/mol. The molecule has 3 aromatic heterocycles. The molecule has 0 amide bonds. The van der Waals surface area contributed by atoms with E-state index >= 15 is 0 Å². The molecule has 2 aliphatic heterocycles. The number of hydrogen-bond acceptors (Lipinski definition) is 2. The third-order valence-corrected chi connectivity index (χ3v) is 12.4. The number of unbranched alkanes of at least 4 members (excludes halogenated alkanes) is 12. The van der Waals surface area contributed by atoms with Crippen molar-refractivity contribution >= 4 is 46.4 Å². The number of H-pyrrole nitrogens is 2. The van der Waals surface area contributed by atoms with Crippen LogP contribution in [0.5, 0.6) is 0 Å². The fourth-order valence-electron chi connectivity index (χ4n) is 9.10. The fourth-order valence-corrected chi connectivity index (χ4v) is 9.10. The number of nitrogens with one attached hydrogen (secondary N) is 2.